The van der Waals surface area contributed by atoms with Crippen LogP contribution >= 0.6 is 0 Å². The van der Waals surface area contributed by atoms with Gasteiger partial charge < -0.3 is 15.2 Å². The Bertz CT molecular complexity index is 544. The minimum absolute atomic E-state index is 0.190. The second kappa shape index (κ2) is 6.15. The quantitative estimate of drug-likeness (QED) is 0.812. The molecule has 0 saturated heterocycles. The number of nitrogens with zero attached hydrogens (tertiary/aromatic N) is 1. The molecule has 0 saturated carbocycles. The fourth-order valence-corrected chi connectivity index (χ4v) is 1.62. The molecule has 0 atom stereocenters. The van der Waals surface area contributed by atoms with Crippen molar-refractivity contribution >= 4 is 5.82 Å². The van der Waals surface area contributed by atoms with Crippen molar-refractivity contribution in [3.8, 4) is 5.75 Å². The molecule has 1 aromatic carbocycles. The Kier molecular flexibility index (Phi) is 4.30. The zero-order valence-corrected chi connectivity index (χ0v) is 10.6. The van der Waals surface area contributed by atoms with Gasteiger partial charge >= 0.3 is 0 Å². The van der Waals surface area contributed by atoms with E-state index in [1.807, 2.05) is 24.3 Å². The summed E-state index contributed by atoms with van der Waals surface area (Å²) in [6.45, 7) is 0.187. The van der Waals surface area contributed by atoms with Crippen molar-refractivity contribution in [3.63, 3.8) is 0 Å². The molecular weight excluding hydrogens is 247 g/mol. The van der Waals surface area contributed by atoms with E-state index in [1.54, 1.807) is 13.2 Å². The van der Waals surface area contributed by atoms with E-state index in [9.17, 15) is 4.39 Å². The number of pyridine rings is 1. The van der Waals surface area contributed by atoms with Gasteiger partial charge in [-0.25, -0.2) is 4.98 Å². The smallest absolute Gasteiger partial charge is 0.220 e. The first-order chi connectivity index (χ1) is 9.22. The molecule has 0 radical (unpaired) electrons. The third-order valence-corrected chi connectivity index (χ3v) is 2.73. The first-order valence-corrected chi connectivity index (χ1v) is 5.86. The number of hydrogen-bond acceptors (Lipinski definition) is 4. The lowest BCUT2D eigenvalue weighted by molar-refractivity contribution is 0.274. The van der Waals surface area contributed by atoms with Crippen molar-refractivity contribution in [2.24, 2.45) is 0 Å². The second-order valence-corrected chi connectivity index (χ2v) is 4.01. The van der Waals surface area contributed by atoms with Gasteiger partial charge in [-0.2, -0.15) is 4.39 Å². The van der Waals surface area contributed by atoms with Gasteiger partial charge in [0.2, 0.25) is 5.95 Å². The molecule has 0 spiro atoms. The molecule has 2 N–H and O–H groups in total. The van der Waals surface area contributed by atoms with Gasteiger partial charge in [0.15, 0.2) is 0 Å². The van der Waals surface area contributed by atoms with Gasteiger partial charge in [-0.3, -0.25) is 0 Å². The Labute approximate surface area is 110 Å². The third kappa shape index (κ3) is 3.42. The standard InChI is InChI=1S/C14H15FN2O2/c1-19-12-5-2-10(3-6-12)8-16-13-7-4-11(9-18)14(15)17-13/h2-7,18H,8-9H2,1H3,(H,16,17). The number of halogens is 1. The van der Waals surface area contributed by atoms with Crippen molar-refractivity contribution < 1.29 is 14.2 Å². The zero-order chi connectivity index (χ0) is 13.7. The Morgan fingerprint density at radius 2 is 1.95 bits per heavy atom. The fraction of sp³-hybridized carbons (Fsp3) is 0.214. The van der Waals surface area contributed by atoms with E-state index in [2.05, 4.69) is 10.3 Å². The maximum absolute atomic E-state index is 13.3. The van der Waals surface area contributed by atoms with E-state index < -0.39 is 5.95 Å². The van der Waals surface area contributed by atoms with Crippen LogP contribution in [0.25, 0.3) is 0 Å². The van der Waals surface area contributed by atoms with Crippen molar-refractivity contribution in [2.75, 3.05) is 12.4 Å². The molecular formula is C14H15FN2O2. The molecule has 1 heterocycles. The number of aromatic nitrogens is 1. The van der Waals surface area contributed by atoms with Crippen molar-refractivity contribution in [2.45, 2.75) is 13.2 Å². The number of rotatable bonds is 5. The summed E-state index contributed by atoms with van der Waals surface area (Å²) in [6.07, 6.45) is 0. The van der Waals surface area contributed by atoms with E-state index in [0.29, 0.717) is 12.4 Å². The van der Waals surface area contributed by atoms with Crippen LogP contribution in [-0.2, 0) is 13.2 Å². The molecule has 19 heavy (non-hydrogen) atoms. The monoisotopic (exact) mass is 262 g/mol. The molecule has 2 rings (SSSR count). The Morgan fingerprint density at radius 3 is 2.53 bits per heavy atom. The van der Waals surface area contributed by atoms with E-state index in [0.717, 1.165) is 11.3 Å². The van der Waals surface area contributed by atoms with E-state index in [1.165, 1.54) is 6.07 Å². The number of ether oxygens (including phenoxy) is 1. The number of methoxy groups -OCH3 is 1. The molecule has 1 aromatic heterocycles. The van der Waals surface area contributed by atoms with E-state index in [4.69, 9.17) is 9.84 Å². The fourth-order valence-electron chi connectivity index (χ4n) is 1.62. The van der Waals surface area contributed by atoms with Gasteiger partial charge in [0, 0.05) is 12.1 Å². The largest absolute Gasteiger partial charge is 0.497 e. The molecule has 0 amide bonds. The molecule has 0 bridgehead atoms. The van der Waals surface area contributed by atoms with Crippen LogP contribution < -0.4 is 10.1 Å². The second-order valence-electron chi connectivity index (χ2n) is 4.01. The van der Waals surface area contributed by atoms with Crippen LogP contribution in [0.2, 0.25) is 0 Å². The van der Waals surface area contributed by atoms with Gasteiger partial charge in [0.25, 0.3) is 0 Å². The highest BCUT2D eigenvalue weighted by atomic mass is 19.1. The van der Waals surface area contributed by atoms with Crippen LogP contribution in [-0.4, -0.2) is 17.2 Å². The van der Waals surface area contributed by atoms with Gasteiger partial charge in [-0.05, 0) is 29.8 Å². The summed E-state index contributed by atoms with van der Waals surface area (Å²) in [7, 11) is 1.61. The predicted molar refractivity (Wildman–Crippen MR) is 70.4 cm³/mol. The SMILES string of the molecule is COc1ccc(CNc2ccc(CO)c(F)n2)cc1. The number of nitrogens with one attached hydrogen (secondary N) is 1. The maximum atomic E-state index is 13.3. The molecule has 2 aromatic rings. The molecule has 0 aliphatic carbocycles. The first kappa shape index (κ1) is 13.3. The Hall–Kier alpha value is -2.14. The van der Waals surface area contributed by atoms with Crippen molar-refractivity contribution in [1.82, 2.24) is 4.98 Å². The molecule has 0 aliphatic rings. The molecule has 0 unspecified atom stereocenters. The number of benzene rings is 1. The van der Waals surface area contributed by atoms with Crippen LogP contribution in [0.3, 0.4) is 0 Å². The minimum Gasteiger partial charge on any atom is -0.497 e. The number of aliphatic hydroxyl groups excluding tert-OH is 1. The van der Waals surface area contributed by atoms with Gasteiger partial charge in [-0.15, -0.1) is 0 Å². The average Bonchev–Trinajstić information content (AvgIpc) is 2.46. The Morgan fingerprint density at radius 1 is 1.21 bits per heavy atom. The summed E-state index contributed by atoms with van der Waals surface area (Å²) in [6, 6.07) is 10.7. The highest BCUT2D eigenvalue weighted by Crippen LogP contribution is 2.14. The summed E-state index contributed by atoms with van der Waals surface area (Å²) in [5.41, 5.74) is 1.23. The lowest BCUT2D eigenvalue weighted by Crippen LogP contribution is -2.04. The number of aliphatic hydroxyl groups is 1. The highest BCUT2D eigenvalue weighted by Gasteiger charge is 2.04. The molecule has 0 fully saturated rings. The average molecular weight is 262 g/mol. The first-order valence-electron chi connectivity index (χ1n) is 5.86. The van der Waals surface area contributed by atoms with Crippen LogP contribution in [0.1, 0.15) is 11.1 Å². The number of hydrogen-bond donors (Lipinski definition) is 2. The van der Waals surface area contributed by atoms with Crippen LogP contribution in [0.4, 0.5) is 10.2 Å². The highest BCUT2D eigenvalue weighted by molar-refractivity contribution is 5.38. The summed E-state index contributed by atoms with van der Waals surface area (Å²) >= 11 is 0. The van der Waals surface area contributed by atoms with Crippen LogP contribution in [0, 0.1) is 5.95 Å². The van der Waals surface area contributed by atoms with Gasteiger partial charge in [0.1, 0.15) is 11.6 Å². The van der Waals surface area contributed by atoms with E-state index in [-0.39, 0.29) is 12.2 Å². The molecule has 5 heteroatoms. The maximum Gasteiger partial charge on any atom is 0.220 e. The zero-order valence-electron chi connectivity index (χ0n) is 10.6. The summed E-state index contributed by atoms with van der Waals surface area (Å²) in [5.74, 6) is 0.577. The number of anilines is 1. The predicted octanol–water partition coefficient (Wildman–Crippen LogP) is 2.33. The Balaban J connectivity index is 1.99. The molecule has 4 nitrogen and oxygen atoms in total. The molecule has 100 valence electrons. The van der Waals surface area contributed by atoms with Gasteiger partial charge in [-0.1, -0.05) is 12.1 Å². The summed E-state index contributed by atoms with van der Waals surface area (Å²) in [5, 5.41) is 11.9. The van der Waals surface area contributed by atoms with Crippen LogP contribution in [0.5, 0.6) is 5.75 Å². The van der Waals surface area contributed by atoms with Crippen molar-refractivity contribution in [3.05, 3.63) is 53.5 Å². The molecule has 0 aliphatic heterocycles. The summed E-state index contributed by atoms with van der Waals surface area (Å²) in [4.78, 5) is 3.73. The topological polar surface area (TPSA) is 54.4 Å². The normalized spacial score (nSPS) is 10.3. The summed E-state index contributed by atoms with van der Waals surface area (Å²) < 4.78 is 18.4. The lowest BCUT2D eigenvalue weighted by Gasteiger charge is -2.07. The third-order valence-electron chi connectivity index (χ3n) is 2.73. The minimum atomic E-state index is -0.651. The van der Waals surface area contributed by atoms with E-state index >= 15 is 0 Å². The lowest BCUT2D eigenvalue weighted by atomic mass is 10.2. The van der Waals surface area contributed by atoms with Crippen LogP contribution in [0.15, 0.2) is 36.4 Å². The van der Waals surface area contributed by atoms with Crippen molar-refractivity contribution in [1.29, 1.82) is 0 Å². The van der Waals surface area contributed by atoms with Gasteiger partial charge in [0.05, 0.1) is 13.7 Å².